The maximum Gasteiger partial charge on any atom is 0.326 e. The second-order valence-electron chi connectivity index (χ2n) is 3.19. The Hall–Kier alpha value is -2.11. The minimum atomic E-state index is -1.26. The number of carbonyl (C=O) groups is 2. The molecule has 0 fully saturated rings. The third kappa shape index (κ3) is 3.23. The van der Waals surface area contributed by atoms with Crippen molar-refractivity contribution in [1.82, 2.24) is 5.32 Å². The number of primary amides is 1. The van der Waals surface area contributed by atoms with E-state index in [0.29, 0.717) is 0 Å². The number of hydrogen-bond acceptors (Lipinski definition) is 2. The Labute approximate surface area is 91.1 Å². The molecule has 86 valence electrons. The molecule has 0 saturated carbocycles. The van der Waals surface area contributed by atoms with Crippen LogP contribution < -0.4 is 11.1 Å². The molecule has 0 aliphatic rings. The van der Waals surface area contributed by atoms with Crippen LogP contribution >= 0.6 is 0 Å². The van der Waals surface area contributed by atoms with Crippen molar-refractivity contribution < 1.29 is 19.1 Å². The molecule has 1 aromatic rings. The molecule has 0 heterocycles. The van der Waals surface area contributed by atoms with E-state index < -0.39 is 23.9 Å². The first kappa shape index (κ1) is 12.0. The molecule has 1 atom stereocenters. The van der Waals surface area contributed by atoms with Crippen LogP contribution in [-0.4, -0.2) is 23.1 Å². The molecule has 0 aliphatic carbocycles. The normalized spacial score (nSPS) is 11.8. The van der Waals surface area contributed by atoms with Gasteiger partial charge in [0.05, 0.1) is 0 Å². The van der Waals surface area contributed by atoms with Crippen LogP contribution in [0.1, 0.15) is 5.56 Å². The zero-order valence-electron chi connectivity index (χ0n) is 8.31. The standard InChI is InChI=1S/C10H11FN2O3/c11-7-4-2-1-3-6(7)5-8(9(14)15)13-10(12)16/h1-4,8H,5H2,(H,14,15)(H3,12,13,16)/t8-/m1/s1. The first-order valence-corrected chi connectivity index (χ1v) is 4.53. The second-order valence-corrected chi connectivity index (χ2v) is 3.19. The largest absolute Gasteiger partial charge is 0.480 e. The van der Waals surface area contributed by atoms with E-state index in [1.807, 2.05) is 5.32 Å². The fourth-order valence-corrected chi connectivity index (χ4v) is 1.26. The summed E-state index contributed by atoms with van der Waals surface area (Å²) < 4.78 is 13.2. The van der Waals surface area contributed by atoms with E-state index >= 15 is 0 Å². The van der Waals surface area contributed by atoms with Crippen molar-refractivity contribution in [2.24, 2.45) is 5.73 Å². The lowest BCUT2D eigenvalue weighted by Crippen LogP contribution is -2.45. The van der Waals surface area contributed by atoms with Gasteiger partial charge in [-0.05, 0) is 11.6 Å². The number of aliphatic carboxylic acids is 1. The number of nitrogens with one attached hydrogen (secondary N) is 1. The first-order chi connectivity index (χ1) is 7.50. The Kier molecular flexibility index (Phi) is 3.82. The number of carboxylic acids is 1. The van der Waals surface area contributed by atoms with Crippen LogP contribution in [0.2, 0.25) is 0 Å². The summed E-state index contributed by atoms with van der Waals surface area (Å²) in [6, 6.07) is 3.57. The van der Waals surface area contributed by atoms with Crippen LogP contribution in [0.4, 0.5) is 9.18 Å². The van der Waals surface area contributed by atoms with Crippen LogP contribution in [0.15, 0.2) is 24.3 Å². The van der Waals surface area contributed by atoms with Gasteiger partial charge in [0.2, 0.25) is 0 Å². The minimum Gasteiger partial charge on any atom is -0.480 e. The van der Waals surface area contributed by atoms with Gasteiger partial charge in [-0.2, -0.15) is 0 Å². The van der Waals surface area contributed by atoms with E-state index in [4.69, 9.17) is 10.8 Å². The van der Waals surface area contributed by atoms with E-state index in [1.54, 1.807) is 6.07 Å². The molecule has 6 heteroatoms. The summed E-state index contributed by atoms with van der Waals surface area (Å²) in [6.07, 6.45) is -0.148. The van der Waals surface area contributed by atoms with Gasteiger partial charge in [-0.1, -0.05) is 18.2 Å². The van der Waals surface area contributed by atoms with Crippen molar-refractivity contribution in [1.29, 1.82) is 0 Å². The lowest BCUT2D eigenvalue weighted by atomic mass is 10.1. The summed E-state index contributed by atoms with van der Waals surface area (Å²) in [4.78, 5) is 21.3. The maximum absolute atomic E-state index is 13.2. The van der Waals surface area contributed by atoms with Crippen LogP contribution in [0, 0.1) is 5.82 Å². The summed E-state index contributed by atoms with van der Waals surface area (Å²) in [6.45, 7) is 0. The van der Waals surface area contributed by atoms with Crippen molar-refractivity contribution in [2.45, 2.75) is 12.5 Å². The number of amides is 2. The number of carboxylic acid groups (broad SMARTS) is 1. The SMILES string of the molecule is NC(=O)N[C@H](Cc1ccccc1F)C(=O)O. The van der Waals surface area contributed by atoms with Gasteiger partial charge < -0.3 is 16.2 Å². The quantitative estimate of drug-likeness (QED) is 0.697. The fourth-order valence-electron chi connectivity index (χ4n) is 1.26. The highest BCUT2D eigenvalue weighted by atomic mass is 19.1. The predicted octanol–water partition coefficient (Wildman–Crippen LogP) is 0.490. The van der Waals surface area contributed by atoms with Crippen LogP contribution in [-0.2, 0) is 11.2 Å². The molecule has 2 amide bonds. The van der Waals surface area contributed by atoms with E-state index in [9.17, 15) is 14.0 Å². The number of urea groups is 1. The number of halogens is 1. The molecule has 5 nitrogen and oxygen atoms in total. The maximum atomic E-state index is 13.2. The van der Waals surface area contributed by atoms with Crippen molar-refractivity contribution in [3.63, 3.8) is 0 Å². The lowest BCUT2D eigenvalue weighted by Gasteiger charge is -2.13. The first-order valence-electron chi connectivity index (χ1n) is 4.53. The fraction of sp³-hybridized carbons (Fsp3) is 0.200. The Balaban J connectivity index is 2.80. The van der Waals surface area contributed by atoms with Crippen molar-refractivity contribution in [2.75, 3.05) is 0 Å². The van der Waals surface area contributed by atoms with Crippen LogP contribution in [0.3, 0.4) is 0 Å². The number of rotatable bonds is 4. The monoisotopic (exact) mass is 226 g/mol. The highest BCUT2D eigenvalue weighted by Crippen LogP contribution is 2.09. The molecule has 0 unspecified atom stereocenters. The molecule has 0 saturated heterocycles. The van der Waals surface area contributed by atoms with E-state index in [2.05, 4.69) is 0 Å². The van der Waals surface area contributed by atoms with Gasteiger partial charge in [0, 0.05) is 6.42 Å². The number of benzene rings is 1. The van der Waals surface area contributed by atoms with Gasteiger partial charge in [-0.15, -0.1) is 0 Å². The Bertz CT molecular complexity index is 409. The minimum absolute atomic E-state index is 0.148. The summed E-state index contributed by atoms with van der Waals surface area (Å²) in [5.74, 6) is -1.78. The van der Waals surface area contributed by atoms with E-state index in [-0.39, 0.29) is 12.0 Å². The molecule has 0 aromatic heterocycles. The molecular formula is C10H11FN2O3. The Morgan fingerprint density at radius 2 is 2.06 bits per heavy atom. The van der Waals surface area contributed by atoms with Crippen molar-refractivity contribution in [3.05, 3.63) is 35.6 Å². The molecule has 1 aromatic carbocycles. The summed E-state index contributed by atoms with van der Waals surface area (Å²) >= 11 is 0. The van der Waals surface area contributed by atoms with Crippen molar-refractivity contribution in [3.8, 4) is 0 Å². The molecule has 0 radical (unpaired) electrons. The third-order valence-electron chi connectivity index (χ3n) is 2.00. The number of nitrogens with two attached hydrogens (primary N) is 1. The predicted molar refractivity (Wildman–Crippen MR) is 54.2 cm³/mol. The second kappa shape index (κ2) is 5.11. The highest BCUT2D eigenvalue weighted by molar-refractivity contribution is 5.81. The Morgan fingerprint density at radius 1 is 1.44 bits per heavy atom. The average Bonchev–Trinajstić information content (AvgIpc) is 2.19. The van der Waals surface area contributed by atoms with Gasteiger partial charge in [0.1, 0.15) is 11.9 Å². The zero-order chi connectivity index (χ0) is 12.1. The Morgan fingerprint density at radius 3 is 2.56 bits per heavy atom. The van der Waals surface area contributed by atoms with Crippen LogP contribution in [0.25, 0.3) is 0 Å². The van der Waals surface area contributed by atoms with Gasteiger partial charge >= 0.3 is 12.0 Å². The molecule has 1 rings (SSSR count). The molecule has 4 N–H and O–H groups in total. The van der Waals surface area contributed by atoms with E-state index in [1.165, 1.54) is 18.2 Å². The molecule has 0 spiro atoms. The molecule has 0 aliphatic heterocycles. The summed E-state index contributed by atoms with van der Waals surface area (Å²) in [7, 11) is 0. The highest BCUT2D eigenvalue weighted by Gasteiger charge is 2.20. The van der Waals surface area contributed by atoms with Gasteiger partial charge in [-0.25, -0.2) is 14.0 Å². The van der Waals surface area contributed by atoms with Gasteiger partial charge in [0.15, 0.2) is 0 Å². The van der Waals surface area contributed by atoms with Crippen LogP contribution in [0.5, 0.6) is 0 Å². The number of hydrogen-bond donors (Lipinski definition) is 3. The van der Waals surface area contributed by atoms with Gasteiger partial charge in [0.25, 0.3) is 0 Å². The lowest BCUT2D eigenvalue weighted by molar-refractivity contribution is -0.139. The third-order valence-corrected chi connectivity index (χ3v) is 2.00. The zero-order valence-corrected chi connectivity index (χ0v) is 8.31. The molecule has 0 bridgehead atoms. The smallest absolute Gasteiger partial charge is 0.326 e. The number of carbonyl (C=O) groups excluding carboxylic acids is 1. The topological polar surface area (TPSA) is 92.4 Å². The molecular weight excluding hydrogens is 215 g/mol. The summed E-state index contributed by atoms with van der Waals surface area (Å²) in [5, 5.41) is 10.8. The van der Waals surface area contributed by atoms with E-state index in [0.717, 1.165) is 0 Å². The average molecular weight is 226 g/mol. The van der Waals surface area contributed by atoms with Crippen molar-refractivity contribution >= 4 is 12.0 Å². The van der Waals surface area contributed by atoms with Gasteiger partial charge in [-0.3, -0.25) is 0 Å². The molecule has 16 heavy (non-hydrogen) atoms. The summed E-state index contributed by atoms with van der Waals surface area (Å²) in [5.41, 5.74) is 5.03.